The smallest absolute Gasteiger partial charge is 0.0741 e. The van der Waals surface area contributed by atoms with E-state index in [1.54, 1.807) is 0 Å². The molecule has 2 fully saturated rings. The Morgan fingerprint density at radius 3 is 2.85 bits per heavy atom. The largest absolute Gasteiger partial charge is 0.381 e. The van der Waals surface area contributed by atoms with E-state index in [1.807, 2.05) is 19.3 Å². The van der Waals surface area contributed by atoms with Crippen LogP contribution in [0.4, 0.5) is 0 Å². The van der Waals surface area contributed by atoms with Gasteiger partial charge in [0.25, 0.3) is 0 Å². The van der Waals surface area contributed by atoms with Gasteiger partial charge in [0.1, 0.15) is 0 Å². The van der Waals surface area contributed by atoms with Crippen LogP contribution in [0, 0.1) is 6.92 Å². The molecule has 0 radical (unpaired) electrons. The molecule has 1 N–H and O–H groups in total. The van der Waals surface area contributed by atoms with E-state index in [4.69, 9.17) is 9.47 Å². The summed E-state index contributed by atoms with van der Waals surface area (Å²) >= 11 is 0. The van der Waals surface area contributed by atoms with Crippen molar-refractivity contribution >= 4 is 0 Å². The van der Waals surface area contributed by atoms with Crippen LogP contribution < -0.4 is 5.32 Å². The van der Waals surface area contributed by atoms with Gasteiger partial charge in [-0.1, -0.05) is 0 Å². The van der Waals surface area contributed by atoms with Gasteiger partial charge in [-0.25, -0.2) is 0 Å². The summed E-state index contributed by atoms with van der Waals surface area (Å²) in [5.74, 6) is 0. The van der Waals surface area contributed by atoms with Crippen molar-refractivity contribution in [2.45, 2.75) is 50.8 Å². The normalized spacial score (nSPS) is 25.8. The van der Waals surface area contributed by atoms with Crippen molar-refractivity contribution in [3.05, 3.63) is 23.8 Å². The van der Waals surface area contributed by atoms with Gasteiger partial charge in [-0.15, -0.1) is 0 Å². The van der Waals surface area contributed by atoms with Crippen molar-refractivity contribution in [1.82, 2.24) is 15.3 Å². The van der Waals surface area contributed by atoms with Gasteiger partial charge < -0.3 is 14.8 Å². The quantitative estimate of drug-likeness (QED) is 0.909. The molecule has 3 heterocycles. The summed E-state index contributed by atoms with van der Waals surface area (Å²) in [6.45, 7) is 5.24. The lowest BCUT2D eigenvalue weighted by Crippen LogP contribution is -2.49. The molecule has 1 atom stereocenters. The monoisotopic (exact) mass is 277 g/mol. The number of nitrogens with one attached hydrogen (secondary N) is 1. The predicted octanol–water partition coefficient (Wildman–Crippen LogP) is 1.60. The third-order valence-electron chi connectivity index (χ3n) is 4.30. The molecule has 1 aromatic heterocycles. The van der Waals surface area contributed by atoms with Crippen LogP contribution in [0.2, 0.25) is 0 Å². The Morgan fingerprint density at radius 1 is 1.25 bits per heavy atom. The second kappa shape index (κ2) is 6.16. The molecule has 0 saturated carbocycles. The van der Waals surface area contributed by atoms with E-state index in [1.165, 1.54) is 0 Å². The third-order valence-corrected chi connectivity index (χ3v) is 4.30. The van der Waals surface area contributed by atoms with E-state index in [9.17, 15) is 0 Å². The Morgan fingerprint density at radius 2 is 2.10 bits per heavy atom. The molecule has 110 valence electrons. The Balaban J connectivity index is 1.53. The zero-order valence-electron chi connectivity index (χ0n) is 12.1. The van der Waals surface area contributed by atoms with Gasteiger partial charge in [0.05, 0.1) is 17.0 Å². The molecule has 0 amide bonds. The standard InChI is InChI=1S/C15H23N3O2/c1-12-9-17-14(10-16-12)11-18-13-2-5-20-15(8-13)3-6-19-7-4-15/h9-10,13,18H,2-8,11H2,1H3. The van der Waals surface area contributed by atoms with Crippen molar-refractivity contribution < 1.29 is 9.47 Å². The fourth-order valence-electron chi connectivity index (χ4n) is 3.05. The highest BCUT2D eigenvalue weighted by Gasteiger charge is 2.38. The highest BCUT2D eigenvalue weighted by Crippen LogP contribution is 2.34. The molecular weight excluding hydrogens is 254 g/mol. The average molecular weight is 277 g/mol. The molecule has 1 aromatic rings. The summed E-state index contributed by atoms with van der Waals surface area (Å²) in [4.78, 5) is 8.67. The lowest BCUT2D eigenvalue weighted by atomic mass is 9.84. The number of aromatic nitrogens is 2. The van der Waals surface area contributed by atoms with Crippen LogP contribution in [0.15, 0.2) is 12.4 Å². The van der Waals surface area contributed by atoms with E-state index >= 15 is 0 Å². The first-order valence-electron chi connectivity index (χ1n) is 7.48. The van der Waals surface area contributed by atoms with E-state index in [-0.39, 0.29) is 5.60 Å². The van der Waals surface area contributed by atoms with Gasteiger partial charge in [-0.05, 0) is 32.6 Å². The maximum absolute atomic E-state index is 6.06. The second-order valence-corrected chi connectivity index (χ2v) is 5.86. The Hall–Kier alpha value is -1.04. The minimum absolute atomic E-state index is 0.0487. The Kier molecular flexibility index (Phi) is 4.29. The SMILES string of the molecule is Cc1cnc(CNC2CCOC3(CCOCC3)C2)cn1. The molecule has 5 heteroatoms. The van der Waals surface area contributed by atoms with Crippen LogP contribution in [0.25, 0.3) is 0 Å². The maximum Gasteiger partial charge on any atom is 0.0741 e. The van der Waals surface area contributed by atoms with Gasteiger partial charge in [0.2, 0.25) is 0 Å². The van der Waals surface area contributed by atoms with Crippen molar-refractivity contribution in [1.29, 1.82) is 0 Å². The summed E-state index contributed by atoms with van der Waals surface area (Å²) in [6.07, 6.45) is 7.87. The summed E-state index contributed by atoms with van der Waals surface area (Å²) in [5, 5.41) is 3.61. The zero-order valence-corrected chi connectivity index (χ0v) is 12.1. The summed E-state index contributed by atoms with van der Waals surface area (Å²) in [6, 6.07) is 0.505. The van der Waals surface area contributed by atoms with Gasteiger partial charge >= 0.3 is 0 Å². The number of hydrogen-bond donors (Lipinski definition) is 1. The Labute approximate surface area is 120 Å². The van der Waals surface area contributed by atoms with E-state index in [0.29, 0.717) is 6.04 Å². The van der Waals surface area contributed by atoms with Crippen molar-refractivity contribution in [3.8, 4) is 0 Å². The first-order chi connectivity index (χ1) is 9.76. The highest BCUT2D eigenvalue weighted by molar-refractivity contribution is 5.01. The molecular formula is C15H23N3O2. The molecule has 0 aromatic carbocycles. The summed E-state index contributed by atoms with van der Waals surface area (Å²) in [7, 11) is 0. The maximum atomic E-state index is 6.06. The lowest BCUT2D eigenvalue weighted by molar-refractivity contribution is -0.140. The van der Waals surface area contributed by atoms with Crippen molar-refractivity contribution in [3.63, 3.8) is 0 Å². The van der Waals surface area contributed by atoms with Crippen molar-refractivity contribution in [2.75, 3.05) is 19.8 Å². The van der Waals surface area contributed by atoms with E-state index < -0.39 is 0 Å². The number of aryl methyl sites for hydroxylation is 1. The lowest BCUT2D eigenvalue weighted by Gasteiger charge is -2.43. The number of hydrogen-bond acceptors (Lipinski definition) is 5. The van der Waals surface area contributed by atoms with Gasteiger partial charge in [0, 0.05) is 44.8 Å². The topological polar surface area (TPSA) is 56.3 Å². The molecule has 3 rings (SSSR count). The molecule has 5 nitrogen and oxygen atoms in total. The van der Waals surface area contributed by atoms with Gasteiger partial charge in [-0.3, -0.25) is 9.97 Å². The minimum atomic E-state index is 0.0487. The average Bonchev–Trinajstić information content (AvgIpc) is 2.48. The van der Waals surface area contributed by atoms with Gasteiger partial charge in [0.15, 0.2) is 0 Å². The third kappa shape index (κ3) is 3.34. The molecule has 2 saturated heterocycles. The Bertz CT molecular complexity index is 424. The highest BCUT2D eigenvalue weighted by atomic mass is 16.5. The first-order valence-corrected chi connectivity index (χ1v) is 7.48. The van der Waals surface area contributed by atoms with Gasteiger partial charge in [-0.2, -0.15) is 0 Å². The first kappa shape index (κ1) is 13.9. The molecule has 0 aliphatic carbocycles. The molecule has 0 bridgehead atoms. The molecule has 2 aliphatic rings. The molecule has 20 heavy (non-hydrogen) atoms. The molecule has 1 spiro atoms. The number of ether oxygens (including phenoxy) is 2. The molecule has 2 aliphatic heterocycles. The fourth-order valence-corrected chi connectivity index (χ4v) is 3.05. The van der Waals surface area contributed by atoms with Crippen LogP contribution in [-0.2, 0) is 16.0 Å². The summed E-state index contributed by atoms with van der Waals surface area (Å²) < 4.78 is 11.5. The number of rotatable bonds is 3. The van der Waals surface area contributed by atoms with E-state index in [0.717, 1.165) is 63.4 Å². The number of nitrogens with zero attached hydrogens (tertiary/aromatic N) is 2. The zero-order chi connectivity index (χ0) is 13.8. The second-order valence-electron chi connectivity index (χ2n) is 5.86. The predicted molar refractivity (Wildman–Crippen MR) is 75.4 cm³/mol. The van der Waals surface area contributed by atoms with Crippen LogP contribution in [0.1, 0.15) is 37.1 Å². The van der Waals surface area contributed by atoms with Crippen LogP contribution in [0.5, 0.6) is 0 Å². The van der Waals surface area contributed by atoms with Crippen LogP contribution in [-0.4, -0.2) is 41.4 Å². The van der Waals surface area contributed by atoms with Crippen LogP contribution in [0.3, 0.4) is 0 Å². The van der Waals surface area contributed by atoms with Crippen LogP contribution >= 0.6 is 0 Å². The fraction of sp³-hybridized carbons (Fsp3) is 0.733. The van der Waals surface area contributed by atoms with Crippen molar-refractivity contribution in [2.24, 2.45) is 0 Å². The molecule has 1 unspecified atom stereocenters. The minimum Gasteiger partial charge on any atom is -0.381 e. The van der Waals surface area contributed by atoms with E-state index in [2.05, 4.69) is 15.3 Å². The summed E-state index contributed by atoms with van der Waals surface area (Å²) in [5.41, 5.74) is 2.01.